The summed E-state index contributed by atoms with van der Waals surface area (Å²) in [5.74, 6) is -0.0796. The first kappa shape index (κ1) is 19.0. The summed E-state index contributed by atoms with van der Waals surface area (Å²) in [6.45, 7) is 11.5. The second-order valence-corrected chi connectivity index (χ2v) is 7.54. The maximum Gasteiger partial charge on any atom is 0.408 e. The van der Waals surface area contributed by atoms with Gasteiger partial charge in [-0.05, 0) is 53.7 Å². The number of nitrogens with one attached hydrogen (secondary N) is 1. The predicted octanol–water partition coefficient (Wildman–Crippen LogP) is 3.37. The number of rotatable bonds is 4. The number of hydrogen-bond acceptors (Lipinski definition) is 3. The van der Waals surface area contributed by atoms with Crippen molar-refractivity contribution in [3.8, 4) is 0 Å². The Morgan fingerprint density at radius 3 is 2.09 bits per heavy atom. The fourth-order valence-electron chi connectivity index (χ4n) is 2.20. The van der Waals surface area contributed by atoms with Crippen molar-refractivity contribution in [1.29, 1.82) is 0 Å². The van der Waals surface area contributed by atoms with E-state index in [4.69, 9.17) is 4.74 Å². The molecular weight excluding hydrogens is 292 g/mol. The van der Waals surface area contributed by atoms with Crippen LogP contribution >= 0.6 is 0 Å². The number of hydrogen-bond donors (Lipinski definition) is 1. The van der Waals surface area contributed by atoms with Crippen molar-refractivity contribution in [2.45, 2.75) is 52.7 Å². The lowest BCUT2D eigenvalue weighted by molar-refractivity contribution is 0.0441. The minimum absolute atomic E-state index is 0.0796. The maximum absolute atomic E-state index is 12.4. The van der Waals surface area contributed by atoms with Crippen molar-refractivity contribution in [2.24, 2.45) is 0 Å². The van der Waals surface area contributed by atoms with Crippen LogP contribution in [0.15, 0.2) is 24.3 Å². The topological polar surface area (TPSA) is 58.6 Å². The lowest BCUT2D eigenvalue weighted by atomic mass is 10.0. The lowest BCUT2D eigenvalue weighted by Crippen LogP contribution is -2.52. The third kappa shape index (κ3) is 6.72. The smallest absolute Gasteiger partial charge is 0.408 e. The molecule has 1 aromatic carbocycles. The van der Waals surface area contributed by atoms with Gasteiger partial charge in [-0.15, -0.1) is 0 Å². The number of benzene rings is 1. The standard InChI is InChI=1S/C18H28N2O3/c1-13-8-10-14(11-9-13)15(21)20(7)12-18(5,6)19-16(22)23-17(2,3)4/h8-11H,12H2,1-7H3,(H,19,22). The number of carbonyl (C=O) groups is 2. The third-order valence-corrected chi connectivity index (χ3v) is 3.12. The highest BCUT2D eigenvalue weighted by molar-refractivity contribution is 5.94. The molecule has 128 valence electrons. The first-order valence-corrected chi connectivity index (χ1v) is 7.73. The van der Waals surface area contributed by atoms with E-state index in [1.54, 1.807) is 11.9 Å². The van der Waals surface area contributed by atoms with Crippen LogP contribution in [0.1, 0.15) is 50.5 Å². The number of amides is 2. The molecule has 0 aliphatic carbocycles. The van der Waals surface area contributed by atoms with Gasteiger partial charge in [0.15, 0.2) is 0 Å². The van der Waals surface area contributed by atoms with Gasteiger partial charge in [0.2, 0.25) is 0 Å². The van der Waals surface area contributed by atoms with E-state index in [9.17, 15) is 9.59 Å². The second kappa shape index (κ2) is 7.02. The van der Waals surface area contributed by atoms with Gasteiger partial charge in [0.25, 0.3) is 5.91 Å². The molecule has 0 fully saturated rings. The zero-order valence-corrected chi connectivity index (χ0v) is 15.2. The Morgan fingerprint density at radius 2 is 1.61 bits per heavy atom. The highest BCUT2D eigenvalue weighted by atomic mass is 16.6. The van der Waals surface area contributed by atoms with Crippen LogP contribution in [-0.4, -0.2) is 41.6 Å². The van der Waals surface area contributed by atoms with E-state index in [0.29, 0.717) is 12.1 Å². The summed E-state index contributed by atoms with van der Waals surface area (Å²) in [6.07, 6.45) is -0.487. The average Bonchev–Trinajstić information content (AvgIpc) is 2.34. The van der Waals surface area contributed by atoms with Crippen molar-refractivity contribution in [3.63, 3.8) is 0 Å². The van der Waals surface area contributed by atoms with E-state index >= 15 is 0 Å². The summed E-state index contributed by atoms with van der Waals surface area (Å²) >= 11 is 0. The van der Waals surface area contributed by atoms with Gasteiger partial charge in [0.1, 0.15) is 5.60 Å². The molecule has 0 spiro atoms. The number of alkyl carbamates (subject to hydrolysis) is 1. The van der Waals surface area contributed by atoms with Crippen molar-refractivity contribution in [2.75, 3.05) is 13.6 Å². The van der Waals surface area contributed by atoms with Gasteiger partial charge in [-0.2, -0.15) is 0 Å². The van der Waals surface area contributed by atoms with Crippen LogP contribution in [0.5, 0.6) is 0 Å². The number of nitrogens with zero attached hydrogens (tertiary/aromatic N) is 1. The highest BCUT2D eigenvalue weighted by Crippen LogP contribution is 2.12. The van der Waals surface area contributed by atoms with E-state index in [1.807, 2.05) is 65.8 Å². The maximum atomic E-state index is 12.4. The molecule has 0 saturated heterocycles. The molecule has 0 unspecified atom stereocenters. The van der Waals surface area contributed by atoms with Crippen LogP contribution < -0.4 is 5.32 Å². The van der Waals surface area contributed by atoms with E-state index in [1.165, 1.54) is 0 Å². The van der Waals surface area contributed by atoms with E-state index in [0.717, 1.165) is 5.56 Å². The molecule has 5 nitrogen and oxygen atoms in total. The van der Waals surface area contributed by atoms with Crippen LogP contribution in [0.2, 0.25) is 0 Å². The molecular formula is C18H28N2O3. The Labute approximate surface area is 139 Å². The molecule has 5 heteroatoms. The zero-order chi connectivity index (χ0) is 17.8. The molecule has 0 bridgehead atoms. The van der Waals surface area contributed by atoms with Crippen molar-refractivity contribution in [1.82, 2.24) is 10.2 Å². The van der Waals surface area contributed by atoms with Crippen LogP contribution in [0, 0.1) is 6.92 Å². The molecule has 0 radical (unpaired) electrons. The highest BCUT2D eigenvalue weighted by Gasteiger charge is 2.27. The fourth-order valence-corrected chi connectivity index (χ4v) is 2.20. The second-order valence-electron chi connectivity index (χ2n) is 7.54. The van der Waals surface area contributed by atoms with E-state index in [-0.39, 0.29) is 5.91 Å². The molecule has 1 aromatic rings. The summed E-state index contributed by atoms with van der Waals surface area (Å²) in [4.78, 5) is 25.9. The summed E-state index contributed by atoms with van der Waals surface area (Å²) in [5, 5.41) is 2.80. The summed E-state index contributed by atoms with van der Waals surface area (Å²) in [6, 6.07) is 7.43. The zero-order valence-electron chi connectivity index (χ0n) is 15.2. The molecule has 0 atom stereocenters. The summed E-state index contributed by atoms with van der Waals surface area (Å²) < 4.78 is 5.26. The summed E-state index contributed by atoms with van der Waals surface area (Å²) in [5.41, 5.74) is 0.587. The first-order chi connectivity index (χ1) is 10.4. The number of carbonyl (C=O) groups excluding carboxylic acids is 2. The van der Waals surface area contributed by atoms with Gasteiger partial charge >= 0.3 is 6.09 Å². The quantitative estimate of drug-likeness (QED) is 0.925. The molecule has 1 rings (SSSR count). The largest absolute Gasteiger partial charge is 0.444 e. The van der Waals surface area contributed by atoms with Crippen molar-refractivity contribution >= 4 is 12.0 Å². The number of ether oxygens (including phenoxy) is 1. The van der Waals surface area contributed by atoms with Crippen molar-refractivity contribution in [3.05, 3.63) is 35.4 Å². The van der Waals surface area contributed by atoms with Crippen molar-refractivity contribution < 1.29 is 14.3 Å². The van der Waals surface area contributed by atoms with Gasteiger partial charge in [0, 0.05) is 19.2 Å². The number of aryl methyl sites for hydroxylation is 1. The van der Waals surface area contributed by atoms with Crippen LogP contribution in [0.25, 0.3) is 0 Å². The Balaban J connectivity index is 2.67. The molecule has 0 aromatic heterocycles. The Hall–Kier alpha value is -2.04. The first-order valence-electron chi connectivity index (χ1n) is 7.73. The lowest BCUT2D eigenvalue weighted by Gasteiger charge is -2.32. The van der Waals surface area contributed by atoms with Gasteiger partial charge in [-0.3, -0.25) is 4.79 Å². The normalized spacial score (nSPS) is 11.8. The fraction of sp³-hybridized carbons (Fsp3) is 0.556. The molecule has 0 saturated carbocycles. The average molecular weight is 320 g/mol. The van der Waals surface area contributed by atoms with Crippen LogP contribution in [-0.2, 0) is 4.74 Å². The Kier molecular flexibility index (Phi) is 5.81. The van der Waals surface area contributed by atoms with Gasteiger partial charge in [-0.1, -0.05) is 17.7 Å². The Morgan fingerprint density at radius 1 is 1.09 bits per heavy atom. The predicted molar refractivity (Wildman–Crippen MR) is 91.6 cm³/mol. The van der Waals surface area contributed by atoms with Gasteiger partial charge in [-0.25, -0.2) is 4.79 Å². The number of likely N-dealkylation sites (N-methyl/N-ethyl adjacent to an activating group) is 1. The van der Waals surface area contributed by atoms with E-state index in [2.05, 4.69) is 5.32 Å². The summed E-state index contributed by atoms with van der Waals surface area (Å²) in [7, 11) is 1.72. The monoisotopic (exact) mass is 320 g/mol. The molecule has 1 N–H and O–H groups in total. The third-order valence-electron chi connectivity index (χ3n) is 3.12. The Bertz CT molecular complexity index is 557. The van der Waals surface area contributed by atoms with Gasteiger partial charge in [0.05, 0.1) is 5.54 Å². The minimum Gasteiger partial charge on any atom is -0.444 e. The minimum atomic E-state index is -0.600. The SMILES string of the molecule is Cc1ccc(C(=O)N(C)CC(C)(C)NC(=O)OC(C)(C)C)cc1. The van der Waals surface area contributed by atoms with Crippen LogP contribution in [0.3, 0.4) is 0 Å². The van der Waals surface area contributed by atoms with E-state index < -0.39 is 17.2 Å². The van der Waals surface area contributed by atoms with Crippen LogP contribution in [0.4, 0.5) is 4.79 Å². The molecule has 23 heavy (non-hydrogen) atoms. The molecule has 0 heterocycles. The molecule has 0 aliphatic heterocycles. The van der Waals surface area contributed by atoms with Gasteiger partial charge < -0.3 is 15.0 Å². The molecule has 0 aliphatic rings. The molecule has 2 amide bonds.